The van der Waals surface area contributed by atoms with Crippen LogP contribution in [0.15, 0.2) is 84.0 Å². The second kappa shape index (κ2) is 8.13. The zero-order valence-corrected chi connectivity index (χ0v) is 16.3. The highest BCUT2D eigenvalue weighted by Crippen LogP contribution is 2.19. The summed E-state index contributed by atoms with van der Waals surface area (Å²) in [7, 11) is -3.84. The molecule has 0 aliphatic rings. The molecule has 2 aromatic heterocycles. The molecule has 30 heavy (non-hydrogen) atoms. The number of nitrogens with one attached hydrogen (secondary N) is 3. The molecule has 2 aromatic carbocycles. The van der Waals surface area contributed by atoms with Crippen molar-refractivity contribution in [3.63, 3.8) is 0 Å². The number of nitrogens with zero attached hydrogens (tertiary/aromatic N) is 3. The molecule has 0 aliphatic heterocycles. The van der Waals surface area contributed by atoms with Gasteiger partial charge in [0.1, 0.15) is 5.69 Å². The highest BCUT2D eigenvalue weighted by atomic mass is 32.2. The van der Waals surface area contributed by atoms with E-state index in [1.165, 1.54) is 36.7 Å². The maximum atomic E-state index is 12.5. The van der Waals surface area contributed by atoms with Crippen molar-refractivity contribution in [3.8, 4) is 11.3 Å². The zero-order chi connectivity index (χ0) is 21.0. The van der Waals surface area contributed by atoms with Crippen LogP contribution in [0.5, 0.6) is 0 Å². The first-order chi connectivity index (χ1) is 14.5. The smallest absolute Gasteiger partial charge is 0.273 e. The molecule has 3 N–H and O–H groups in total. The Morgan fingerprint density at radius 2 is 1.60 bits per heavy atom. The van der Waals surface area contributed by atoms with E-state index in [-0.39, 0.29) is 16.5 Å². The van der Waals surface area contributed by atoms with Gasteiger partial charge in [-0.3, -0.25) is 9.89 Å². The van der Waals surface area contributed by atoms with Crippen LogP contribution in [-0.2, 0) is 10.0 Å². The number of aromatic amines is 1. The molecular weight excluding hydrogens is 404 g/mol. The summed E-state index contributed by atoms with van der Waals surface area (Å²) in [6.07, 6.45) is 2.87. The molecule has 1 amide bonds. The normalized spacial score (nSPS) is 11.1. The SMILES string of the molecule is O=C(Nc1ccc(S(=O)(=O)Nc2ncccn2)cc1)c1cc(-c2ccccc2)n[nH]1. The predicted octanol–water partition coefficient (Wildman–Crippen LogP) is 2.92. The van der Waals surface area contributed by atoms with Crippen molar-refractivity contribution in [1.29, 1.82) is 0 Å². The van der Waals surface area contributed by atoms with Crippen LogP contribution in [0.2, 0.25) is 0 Å². The Morgan fingerprint density at radius 1 is 0.900 bits per heavy atom. The van der Waals surface area contributed by atoms with E-state index in [2.05, 4.69) is 30.2 Å². The van der Waals surface area contributed by atoms with Crippen LogP contribution in [0.25, 0.3) is 11.3 Å². The van der Waals surface area contributed by atoms with Crippen LogP contribution in [0.3, 0.4) is 0 Å². The van der Waals surface area contributed by atoms with Gasteiger partial charge in [0.05, 0.1) is 10.6 Å². The van der Waals surface area contributed by atoms with Crippen LogP contribution in [0, 0.1) is 0 Å². The fraction of sp³-hybridized carbons (Fsp3) is 0. The molecule has 0 unspecified atom stereocenters. The van der Waals surface area contributed by atoms with Gasteiger partial charge in [-0.15, -0.1) is 0 Å². The largest absolute Gasteiger partial charge is 0.321 e. The Kier molecular flexibility index (Phi) is 5.22. The van der Waals surface area contributed by atoms with E-state index in [9.17, 15) is 13.2 Å². The van der Waals surface area contributed by atoms with Gasteiger partial charge < -0.3 is 5.32 Å². The molecule has 0 atom stereocenters. The molecule has 150 valence electrons. The van der Waals surface area contributed by atoms with Gasteiger partial charge in [0.2, 0.25) is 5.95 Å². The molecule has 10 heteroatoms. The lowest BCUT2D eigenvalue weighted by molar-refractivity contribution is 0.102. The third kappa shape index (κ3) is 4.33. The minimum absolute atomic E-state index is 0.0147. The number of carbonyl (C=O) groups excluding carboxylic acids is 1. The first-order valence-corrected chi connectivity index (χ1v) is 10.3. The van der Waals surface area contributed by atoms with Gasteiger partial charge in [-0.25, -0.2) is 23.1 Å². The Labute approximate surface area is 172 Å². The molecular formula is C20H16N6O3S. The Bertz CT molecular complexity index is 1260. The second-order valence-electron chi connectivity index (χ2n) is 6.19. The van der Waals surface area contributed by atoms with E-state index in [4.69, 9.17) is 0 Å². The Balaban J connectivity index is 1.45. The van der Waals surface area contributed by atoms with Crippen LogP contribution < -0.4 is 10.0 Å². The highest BCUT2D eigenvalue weighted by molar-refractivity contribution is 7.92. The van der Waals surface area contributed by atoms with Crippen molar-refractivity contribution in [3.05, 3.63) is 84.8 Å². The summed E-state index contributed by atoms with van der Waals surface area (Å²) in [6.45, 7) is 0. The van der Waals surface area contributed by atoms with Gasteiger partial charge in [-0.05, 0) is 36.4 Å². The molecule has 0 spiro atoms. The fourth-order valence-corrected chi connectivity index (χ4v) is 3.60. The minimum Gasteiger partial charge on any atom is -0.321 e. The van der Waals surface area contributed by atoms with Crippen LogP contribution in [0.1, 0.15) is 10.5 Å². The van der Waals surface area contributed by atoms with Crippen LogP contribution in [-0.4, -0.2) is 34.5 Å². The Hall–Kier alpha value is -4.05. The Morgan fingerprint density at radius 3 is 2.30 bits per heavy atom. The molecule has 4 aromatic rings. The van der Waals surface area contributed by atoms with E-state index in [1.807, 2.05) is 30.3 Å². The van der Waals surface area contributed by atoms with E-state index in [0.717, 1.165) is 5.56 Å². The molecule has 0 aliphatic carbocycles. The number of anilines is 2. The summed E-state index contributed by atoms with van der Waals surface area (Å²) in [5, 5.41) is 9.56. The second-order valence-corrected chi connectivity index (χ2v) is 7.87. The number of benzene rings is 2. The molecule has 2 heterocycles. The standard InChI is InChI=1S/C20H16N6O3S/c27-19(18-13-17(24-25-18)14-5-2-1-3-6-14)23-15-7-9-16(10-8-15)30(28,29)26-20-21-11-4-12-22-20/h1-13H,(H,23,27)(H,24,25)(H,21,22,26). The van der Waals surface area contributed by atoms with Crippen LogP contribution in [0.4, 0.5) is 11.6 Å². The molecule has 0 saturated heterocycles. The van der Waals surface area contributed by atoms with E-state index in [0.29, 0.717) is 11.4 Å². The van der Waals surface area contributed by atoms with Crippen molar-refractivity contribution >= 4 is 27.6 Å². The van der Waals surface area contributed by atoms with Gasteiger partial charge >= 0.3 is 0 Å². The first-order valence-electron chi connectivity index (χ1n) is 8.83. The number of amides is 1. The topological polar surface area (TPSA) is 130 Å². The average Bonchev–Trinajstić information content (AvgIpc) is 3.26. The number of sulfonamides is 1. The molecule has 0 radical (unpaired) electrons. The average molecular weight is 420 g/mol. The summed E-state index contributed by atoms with van der Waals surface area (Å²) >= 11 is 0. The molecule has 9 nitrogen and oxygen atoms in total. The molecule has 0 bridgehead atoms. The predicted molar refractivity (Wildman–Crippen MR) is 111 cm³/mol. The number of H-pyrrole nitrogens is 1. The summed E-state index contributed by atoms with van der Waals surface area (Å²) < 4.78 is 27.1. The highest BCUT2D eigenvalue weighted by Gasteiger charge is 2.16. The van der Waals surface area contributed by atoms with E-state index < -0.39 is 15.9 Å². The van der Waals surface area contributed by atoms with Crippen molar-refractivity contribution < 1.29 is 13.2 Å². The van der Waals surface area contributed by atoms with Crippen LogP contribution >= 0.6 is 0 Å². The molecule has 4 rings (SSSR count). The summed E-state index contributed by atoms with van der Waals surface area (Å²) in [5.41, 5.74) is 2.26. The lowest BCUT2D eigenvalue weighted by Gasteiger charge is -2.08. The molecule has 0 fully saturated rings. The van der Waals surface area contributed by atoms with Gasteiger partial charge in [0.15, 0.2) is 0 Å². The lowest BCUT2D eigenvalue weighted by atomic mass is 10.1. The van der Waals surface area contributed by atoms with Crippen molar-refractivity contribution in [2.45, 2.75) is 4.90 Å². The fourth-order valence-electron chi connectivity index (χ4n) is 2.64. The van der Waals surface area contributed by atoms with Gasteiger partial charge in [0.25, 0.3) is 15.9 Å². The summed E-state index contributed by atoms with van der Waals surface area (Å²) in [5.74, 6) is -0.417. The third-order valence-electron chi connectivity index (χ3n) is 4.11. The minimum atomic E-state index is -3.84. The lowest BCUT2D eigenvalue weighted by Crippen LogP contribution is -2.15. The number of aromatic nitrogens is 4. The van der Waals surface area contributed by atoms with E-state index in [1.54, 1.807) is 12.1 Å². The first kappa shape index (κ1) is 19.3. The number of carbonyl (C=O) groups is 1. The van der Waals surface area contributed by atoms with Crippen molar-refractivity contribution in [2.24, 2.45) is 0 Å². The molecule has 0 saturated carbocycles. The maximum absolute atomic E-state index is 12.5. The van der Waals surface area contributed by atoms with Gasteiger partial charge in [0, 0.05) is 23.6 Å². The zero-order valence-electron chi connectivity index (χ0n) is 15.5. The number of rotatable bonds is 6. The van der Waals surface area contributed by atoms with Gasteiger partial charge in [-0.1, -0.05) is 30.3 Å². The third-order valence-corrected chi connectivity index (χ3v) is 5.45. The van der Waals surface area contributed by atoms with Crippen molar-refractivity contribution in [2.75, 3.05) is 10.0 Å². The monoisotopic (exact) mass is 420 g/mol. The number of hydrogen-bond acceptors (Lipinski definition) is 6. The maximum Gasteiger partial charge on any atom is 0.273 e. The summed E-state index contributed by atoms with van der Waals surface area (Å²) in [6, 6.07) is 18.4. The van der Waals surface area contributed by atoms with Crippen molar-refractivity contribution in [1.82, 2.24) is 20.2 Å². The summed E-state index contributed by atoms with van der Waals surface area (Å²) in [4.78, 5) is 20.1. The van der Waals surface area contributed by atoms with E-state index >= 15 is 0 Å². The van der Waals surface area contributed by atoms with Gasteiger partial charge in [-0.2, -0.15) is 5.10 Å². The number of hydrogen-bond donors (Lipinski definition) is 3. The quantitative estimate of drug-likeness (QED) is 0.440.